The molecule has 23 heavy (non-hydrogen) atoms. The van der Waals surface area contributed by atoms with E-state index in [-0.39, 0.29) is 12.5 Å². The third kappa shape index (κ3) is 4.46. The topological polar surface area (TPSA) is 67.2 Å². The molecule has 0 atom stereocenters. The molecule has 1 aromatic heterocycles. The number of hydrogen-bond acceptors (Lipinski definition) is 5. The summed E-state index contributed by atoms with van der Waals surface area (Å²) in [5.74, 6) is 0.0665. The van der Waals surface area contributed by atoms with Crippen LogP contribution in [0.25, 0.3) is 6.08 Å². The molecule has 1 amide bonds. The second-order valence-electron chi connectivity index (χ2n) is 5.50. The van der Waals surface area contributed by atoms with E-state index in [2.05, 4.69) is 44.7 Å². The minimum absolute atomic E-state index is 0.0665. The lowest BCUT2D eigenvalue weighted by molar-refractivity contribution is -0.133. The average molecular weight is 312 g/mol. The van der Waals surface area contributed by atoms with Crippen LogP contribution in [0, 0.1) is 0 Å². The molecule has 1 aromatic carbocycles. The molecule has 7 nitrogen and oxygen atoms in total. The Balaban J connectivity index is 1.41. The van der Waals surface area contributed by atoms with Gasteiger partial charge in [-0.05, 0) is 16.0 Å². The fourth-order valence-electron chi connectivity index (χ4n) is 2.57. The normalized spacial score (nSPS) is 16.1. The van der Waals surface area contributed by atoms with Crippen molar-refractivity contribution in [2.24, 2.45) is 0 Å². The minimum atomic E-state index is 0.0665. The number of hydrogen-bond donors (Lipinski definition) is 0. The summed E-state index contributed by atoms with van der Waals surface area (Å²) < 4.78 is 1.46. The largest absolute Gasteiger partial charge is 0.339 e. The van der Waals surface area contributed by atoms with Crippen LogP contribution in [0.3, 0.4) is 0 Å². The van der Waals surface area contributed by atoms with E-state index >= 15 is 0 Å². The predicted molar refractivity (Wildman–Crippen MR) is 86.3 cm³/mol. The average Bonchev–Trinajstić information content (AvgIpc) is 3.09. The number of piperazine rings is 1. The zero-order chi connectivity index (χ0) is 15.9. The number of aromatic nitrogens is 4. The van der Waals surface area contributed by atoms with E-state index < -0.39 is 0 Å². The zero-order valence-corrected chi connectivity index (χ0v) is 13.0. The Hall–Kier alpha value is -2.54. The number of nitrogens with zero attached hydrogens (tertiary/aromatic N) is 6. The second-order valence-corrected chi connectivity index (χ2v) is 5.50. The first-order chi connectivity index (χ1) is 11.3. The Bertz CT molecular complexity index is 632. The molecule has 0 spiro atoms. The van der Waals surface area contributed by atoms with E-state index in [1.807, 2.05) is 23.1 Å². The highest BCUT2D eigenvalue weighted by Gasteiger charge is 2.20. The Morgan fingerprint density at radius 2 is 1.91 bits per heavy atom. The number of benzene rings is 1. The van der Waals surface area contributed by atoms with Crippen LogP contribution in [-0.4, -0.2) is 68.6 Å². The van der Waals surface area contributed by atoms with Gasteiger partial charge in [-0.2, -0.15) is 0 Å². The highest BCUT2D eigenvalue weighted by molar-refractivity contribution is 5.76. The van der Waals surface area contributed by atoms with Gasteiger partial charge in [0.15, 0.2) is 0 Å². The monoisotopic (exact) mass is 312 g/mol. The molecule has 1 aliphatic heterocycles. The van der Waals surface area contributed by atoms with E-state index in [1.165, 1.54) is 16.6 Å². The fourth-order valence-corrected chi connectivity index (χ4v) is 2.57. The van der Waals surface area contributed by atoms with E-state index in [0.29, 0.717) is 0 Å². The highest BCUT2D eigenvalue weighted by Crippen LogP contribution is 2.05. The first kappa shape index (κ1) is 15.4. The molecule has 0 N–H and O–H groups in total. The van der Waals surface area contributed by atoms with E-state index in [1.54, 1.807) is 0 Å². The zero-order valence-electron chi connectivity index (χ0n) is 13.0. The van der Waals surface area contributed by atoms with Crippen LogP contribution in [0.1, 0.15) is 5.56 Å². The van der Waals surface area contributed by atoms with Crippen molar-refractivity contribution in [2.75, 3.05) is 32.7 Å². The van der Waals surface area contributed by atoms with E-state index in [9.17, 15) is 4.79 Å². The molecule has 0 bridgehead atoms. The van der Waals surface area contributed by atoms with Gasteiger partial charge in [0.2, 0.25) is 5.91 Å². The van der Waals surface area contributed by atoms with Gasteiger partial charge in [0.25, 0.3) is 0 Å². The van der Waals surface area contributed by atoms with Crippen molar-refractivity contribution in [3.63, 3.8) is 0 Å². The van der Waals surface area contributed by atoms with Gasteiger partial charge in [0.05, 0.1) is 0 Å². The van der Waals surface area contributed by atoms with Crippen molar-refractivity contribution in [2.45, 2.75) is 6.54 Å². The maximum Gasteiger partial charge on any atom is 0.244 e. The standard InChI is InChI=1S/C16H20N6O/c23-16(13-22-14-17-18-19-22)21-11-9-20(10-12-21)8-4-7-15-5-2-1-3-6-15/h1-7,14H,8-13H2. The fraction of sp³-hybridized carbons (Fsp3) is 0.375. The maximum atomic E-state index is 12.1. The quantitative estimate of drug-likeness (QED) is 0.806. The van der Waals surface area contributed by atoms with Crippen molar-refractivity contribution in [1.82, 2.24) is 30.0 Å². The number of tetrazole rings is 1. The van der Waals surface area contributed by atoms with Crippen LogP contribution < -0.4 is 0 Å². The Morgan fingerprint density at radius 1 is 1.13 bits per heavy atom. The van der Waals surface area contributed by atoms with Crippen molar-refractivity contribution in [1.29, 1.82) is 0 Å². The Kier molecular flexibility index (Phi) is 5.10. The number of rotatable bonds is 5. The van der Waals surface area contributed by atoms with Gasteiger partial charge in [0.1, 0.15) is 12.9 Å². The molecule has 0 aliphatic carbocycles. The highest BCUT2D eigenvalue weighted by atomic mass is 16.2. The molecular weight excluding hydrogens is 292 g/mol. The summed E-state index contributed by atoms with van der Waals surface area (Å²) in [6.07, 6.45) is 5.77. The molecule has 1 fully saturated rings. The van der Waals surface area contributed by atoms with Gasteiger partial charge in [-0.3, -0.25) is 9.69 Å². The first-order valence-corrected chi connectivity index (χ1v) is 7.74. The third-order valence-electron chi connectivity index (χ3n) is 3.89. The van der Waals surface area contributed by atoms with Gasteiger partial charge in [0, 0.05) is 32.7 Å². The molecule has 0 saturated carbocycles. The molecule has 3 rings (SSSR count). The summed E-state index contributed by atoms with van der Waals surface area (Å²) in [5.41, 5.74) is 1.21. The lowest BCUT2D eigenvalue weighted by Crippen LogP contribution is -2.49. The van der Waals surface area contributed by atoms with Gasteiger partial charge >= 0.3 is 0 Å². The van der Waals surface area contributed by atoms with Crippen LogP contribution >= 0.6 is 0 Å². The lowest BCUT2D eigenvalue weighted by Gasteiger charge is -2.34. The lowest BCUT2D eigenvalue weighted by atomic mass is 10.2. The van der Waals surface area contributed by atoms with Crippen molar-refractivity contribution in [3.8, 4) is 0 Å². The predicted octanol–water partition coefficient (Wildman–Crippen LogP) is 0.531. The third-order valence-corrected chi connectivity index (χ3v) is 3.89. The van der Waals surface area contributed by atoms with Crippen LogP contribution in [0.4, 0.5) is 0 Å². The molecule has 2 aromatic rings. The molecule has 2 heterocycles. The number of amides is 1. The summed E-state index contributed by atoms with van der Waals surface area (Å²) >= 11 is 0. The van der Waals surface area contributed by atoms with Gasteiger partial charge in [-0.25, -0.2) is 4.68 Å². The van der Waals surface area contributed by atoms with Crippen molar-refractivity contribution in [3.05, 3.63) is 48.3 Å². The van der Waals surface area contributed by atoms with E-state index in [0.717, 1.165) is 32.7 Å². The van der Waals surface area contributed by atoms with Crippen LogP contribution in [0.15, 0.2) is 42.7 Å². The van der Waals surface area contributed by atoms with Gasteiger partial charge < -0.3 is 4.90 Å². The Morgan fingerprint density at radius 3 is 2.61 bits per heavy atom. The van der Waals surface area contributed by atoms with Crippen LogP contribution in [0.5, 0.6) is 0 Å². The number of carbonyl (C=O) groups excluding carboxylic acids is 1. The first-order valence-electron chi connectivity index (χ1n) is 7.74. The second kappa shape index (κ2) is 7.64. The smallest absolute Gasteiger partial charge is 0.244 e. The maximum absolute atomic E-state index is 12.1. The van der Waals surface area contributed by atoms with Crippen LogP contribution in [-0.2, 0) is 11.3 Å². The molecular formula is C16H20N6O. The summed E-state index contributed by atoms with van der Waals surface area (Å²) in [5, 5.41) is 10.8. The van der Waals surface area contributed by atoms with Crippen molar-refractivity contribution >= 4 is 12.0 Å². The molecule has 7 heteroatoms. The summed E-state index contributed by atoms with van der Waals surface area (Å²) in [4.78, 5) is 16.4. The van der Waals surface area contributed by atoms with Gasteiger partial charge in [-0.1, -0.05) is 42.5 Å². The molecule has 0 unspecified atom stereocenters. The molecule has 1 saturated heterocycles. The molecule has 1 aliphatic rings. The minimum Gasteiger partial charge on any atom is -0.339 e. The van der Waals surface area contributed by atoms with Gasteiger partial charge in [-0.15, -0.1) is 5.10 Å². The molecule has 120 valence electrons. The molecule has 0 radical (unpaired) electrons. The Labute approximate surface area is 135 Å². The SMILES string of the molecule is O=C(Cn1cnnn1)N1CCN(CC=Cc2ccccc2)CC1. The van der Waals surface area contributed by atoms with E-state index in [4.69, 9.17) is 0 Å². The summed E-state index contributed by atoms with van der Waals surface area (Å²) in [7, 11) is 0. The summed E-state index contributed by atoms with van der Waals surface area (Å²) in [6.45, 7) is 4.39. The van der Waals surface area contributed by atoms with Crippen LogP contribution in [0.2, 0.25) is 0 Å². The summed E-state index contributed by atoms with van der Waals surface area (Å²) in [6, 6.07) is 10.3. The number of carbonyl (C=O) groups is 1. The van der Waals surface area contributed by atoms with Crippen molar-refractivity contribution < 1.29 is 4.79 Å².